The highest BCUT2D eigenvalue weighted by Crippen LogP contribution is 2.25. The second-order valence-electron chi connectivity index (χ2n) is 5.38. The Kier molecular flexibility index (Phi) is 7.44. The molecule has 2 rings (SSSR count). The molecule has 0 spiro atoms. The number of hydrogen-bond acceptors (Lipinski definition) is 5. The molecule has 2 N–H and O–H groups in total. The number of carbonyl (C=O) groups is 3. The van der Waals surface area contributed by atoms with Crippen molar-refractivity contribution in [1.82, 2.24) is 5.32 Å². The highest BCUT2D eigenvalue weighted by atomic mass is 79.9. The van der Waals surface area contributed by atoms with Gasteiger partial charge < -0.3 is 20.1 Å². The fourth-order valence-electron chi connectivity index (χ4n) is 2.02. The minimum Gasteiger partial charge on any atom is -0.496 e. The number of anilines is 1. The second kappa shape index (κ2) is 9.79. The molecule has 28 heavy (non-hydrogen) atoms. The van der Waals surface area contributed by atoms with Crippen molar-refractivity contribution in [1.29, 1.82) is 0 Å². The Labute approximate surface area is 167 Å². The van der Waals surface area contributed by atoms with E-state index in [0.29, 0.717) is 10.2 Å². The summed E-state index contributed by atoms with van der Waals surface area (Å²) in [6, 6.07) is 7.36. The van der Waals surface area contributed by atoms with Gasteiger partial charge in [0, 0.05) is 11.8 Å². The molecule has 0 aliphatic rings. The van der Waals surface area contributed by atoms with Crippen LogP contribution in [0.4, 0.5) is 14.5 Å². The van der Waals surface area contributed by atoms with Gasteiger partial charge in [0.25, 0.3) is 5.91 Å². The Morgan fingerprint density at radius 1 is 1.04 bits per heavy atom. The Balaban J connectivity index is 1.77. The lowest BCUT2D eigenvalue weighted by Crippen LogP contribution is -2.35. The van der Waals surface area contributed by atoms with E-state index in [4.69, 9.17) is 9.47 Å². The van der Waals surface area contributed by atoms with Crippen LogP contribution >= 0.6 is 15.9 Å². The fourth-order valence-corrected chi connectivity index (χ4v) is 2.56. The molecule has 0 bridgehead atoms. The fraction of sp³-hybridized carbons (Fsp3) is 0.167. The third-order valence-corrected chi connectivity index (χ3v) is 3.99. The van der Waals surface area contributed by atoms with Crippen LogP contribution in [-0.2, 0) is 14.3 Å². The smallest absolute Gasteiger partial charge is 0.338 e. The van der Waals surface area contributed by atoms with E-state index < -0.39 is 42.6 Å². The van der Waals surface area contributed by atoms with Crippen molar-refractivity contribution in [3.63, 3.8) is 0 Å². The molecule has 0 aliphatic carbocycles. The first-order chi connectivity index (χ1) is 13.3. The number of carbonyl (C=O) groups excluding carboxylic acids is 3. The molecule has 0 atom stereocenters. The van der Waals surface area contributed by atoms with E-state index in [2.05, 4.69) is 26.6 Å². The van der Waals surface area contributed by atoms with E-state index in [9.17, 15) is 23.2 Å². The van der Waals surface area contributed by atoms with Crippen LogP contribution in [0.25, 0.3) is 0 Å². The largest absolute Gasteiger partial charge is 0.496 e. The maximum atomic E-state index is 13.1. The van der Waals surface area contributed by atoms with Crippen molar-refractivity contribution in [2.45, 2.75) is 0 Å². The highest BCUT2D eigenvalue weighted by molar-refractivity contribution is 9.10. The molecule has 0 fully saturated rings. The van der Waals surface area contributed by atoms with Crippen LogP contribution in [0.5, 0.6) is 5.75 Å². The van der Waals surface area contributed by atoms with Crippen LogP contribution in [0.2, 0.25) is 0 Å². The van der Waals surface area contributed by atoms with Crippen LogP contribution < -0.4 is 15.4 Å². The second-order valence-corrected chi connectivity index (χ2v) is 6.23. The number of amides is 2. The molecule has 0 saturated carbocycles. The number of rotatable bonds is 7. The number of methoxy groups -OCH3 is 1. The van der Waals surface area contributed by atoms with Crippen molar-refractivity contribution >= 4 is 39.4 Å². The van der Waals surface area contributed by atoms with Gasteiger partial charge in [0.05, 0.1) is 23.7 Å². The number of esters is 1. The van der Waals surface area contributed by atoms with Crippen molar-refractivity contribution in [2.75, 3.05) is 25.6 Å². The first-order valence-electron chi connectivity index (χ1n) is 7.82. The summed E-state index contributed by atoms with van der Waals surface area (Å²) in [6.45, 7) is -1.04. The predicted molar refractivity (Wildman–Crippen MR) is 99.0 cm³/mol. The molecule has 2 amide bonds. The predicted octanol–water partition coefficient (Wildman–Crippen LogP) is 2.65. The van der Waals surface area contributed by atoms with E-state index in [0.717, 1.165) is 12.1 Å². The summed E-state index contributed by atoms with van der Waals surface area (Å²) in [5.74, 6) is -3.73. The van der Waals surface area contributed by atoms with E-state index in [1.54, 1.807) is 6.07 Å². The molecule has 0 unspecified atom stereocenters. The van der Waals surface area contributed by atoms with Gasteiger partial charge in [0.1, 0.15) is 5.75 Å². The van der Waals surface area contributed by atoms with Gasteiger partial charge >= 0.3 is 5.97 Å². The Morgan fingerprint density at radius 2 is 1.79 bits per heavy atom. The summed E-state index contributed by atoms with van der Waals surface area (Å²) in [7, 11) is 1.48. The quantitative estimate of drug-likeness (QED) is 0.624. The summed E-state index contributed by atoms with van der Waals surface area (Å²) in [5, 5.41) is 4.53. The lowest BCUT2D eigenvalue weighted by Gasteiger charge is -2.09. The molecule has 148 valence electrons. The van der Waals surface area contributed by atoms with Crippen LogP contribution in [0.1, 0.15) is 10.4 Å². The van der Waals surface area contributed by atoms with Gasteiger partial charge in [-0.3, -0.25) is 9.59 Å². The van der Waals surface area contributed by atoms with E-state index in [-0.39, 0.29) is 11.3 Å². The maximum Gasteiger partial charge on any atom is 0.338 e. The highest BCUT2D eigenvalue weighted by Gasteiger charge is 2.13. The average Bonchev–Trinajstić information content (AvgIpc) is 2.67. The van der Waals surface area contributed by atoms with Crippen LogP contribution in [-0.4, -0.2) is 38.0 Å². The van der Waals surface area contributed by atoms with Gasteiger partial charge in [-0.2, -0.15) is 0 Å². The van der Waals surface area contributed by atoms with E-state index >= 15 is 0 Å². The lowest BCUT2D eigenvalue weighted by molar-refractivity contribution is -0.126. The summed E-state index contributed by atoms with van der Waals surface area (Å²) in [5.41, 5.74) is 0.242. The molecule has 2 aromatic carbocycles. The number of benzene rings is 2. The van der Waals surface area contributed by atoms with Gasteiger partial charge in [-0.05, 0) is 46.3 Å². The molecule has 2 aromatic rings. The third kappa shape index (κ3) is 6.02. The standard InChI is InChI=1S/C18H15BrF2N2O5/c1-27-15-5-2-10(6-12(15)19)18(26)28-9-17(25)22-8-16(24)23-11-3-4-13(20)14(21)7-11/h2-7H,8-9H2,1H3,(H,22,25)(H,23,24). The third-order valence-electron chi connectivity index (χ3n) is 3.37. The monoisotopic (exact) mass is 456 g/mol. The molecule has 0 radical (unpaired) electrons. The summed E-state index contributed by atoms with van der Waals surface area (Å²) >= 11 is 3.23. The van der Waals surface area contributed by atoms with Gasteiger partial charge in [0.2, 0.25) is 5.91 Å². The van der Waals surface area contributed by atoms with Crippen LogP contribution in [0.3, 0.4) is 0 Å². The Hall–Kier alpha value is -3.01. The molecular weight excluding hydrogens is 442 g/mol. The van der Waals surface area contributed by atoms with Gasteiger partial charge in [-0.1, -0.05) is 0 Å². The number of nitrogens with one attached hydrogen (secondary N) is 2. The Bertz CT molecular complexity index is 908. The van der Waals surface area contributed by atoms with Crippen molar-refractivity contribution in [3.8, 4) is 5.75 Å². The molecule has 0 heterocycles. The average molecular weight is 457 g/mol. The van der Waals surface area contributed by atoms with Crippen LogP contribution in [0.15, 0.2) is 40.9 Å². The molecule has 7 nitrogen and oxygen atoms in total. The molecule has 10 heteroatoms. The van der Waals surface area contributed by atoms with E-state index in [1.165, 1.54) is 25.3 Å². The van der Waals surface area contributed by atoms with Gasteiger partial charge in [-0.25, -0.2) is 13.6 Å². The first kappa shape index (κ1) is 21.3. The normalized spacial score (nSPS) is 10.1. The summed E-state index contributed by atoms with van der Waals surface area (Å²) < 4.78 is 36.4. The zero-order valence-corrected chi connectivity index (χ0v) is 16.1. The number of halogens is 3. The number of hydrogen-bond donors (Lipinski definition) is 2. The zero-order valence-electron chi connectivity index (χ0n) is 14.6. The minimum atomic E-state index is -1.11. The van der Waals surface area contributed by atoms with E-state index in [1.807, 2.05) is 0 Å². The van der Waals surface area contributed by atoms with Crippen LogP contribution in [0, 0.1) is 11.6 Å². The summed E-state index contributed by atoms with van der Waals surface area (Å²) in [6.07, 6.45) is 0. The molecule has 0 aromatic heterocycles. The maximum absolute atomic E-state index is 13.1. The Morgan fingerprint density at radius 3 is 2.43 bits per heavy atom. The van der Waals surface area contributed by atoms with Crippen molar-refractivity contribution < 1.29 is 32.6 Å². The zero-order chi connectivity index (χ0) is 20.7. The molecule has 0 aliphatic heterocycles. The molecular formula is C18H15BrF2N2O5. The SMILES string of the molecule is COc1ccc(C(=O)OCC(=O)NCC(=O)Nc2ccc(F)c(F)c2)cc1Br. The van der Waals surface area contributed by atoms with Crippen molar-refractivity contribution in [2.24, 2.45) is 0 Å². The summed E-state index contributed by atoms with van der Waals surface area (Å²) in [4.78, 5) is 35.3. The topological polar surface area (TPSA) is 93.7 Å². The first-order valence-corrected chi connectivity index (χ1v) is 8.61. The number of ether oxygens (including phenoxy) is 2. The minimum absolute atomic E-state index is 0.0367. The molecule has 0 saturated heterocycles. The van der Waals surface area contributed by atoms with Gasteiger partial charge in [-0.15, -0.1) is 0 Å². The van der Waals surface area contributed by atoms with Crippen molar-refractivity contribution in [3.05, 3.63) is 58.1 Å². The lowest BCUT2D eigenvalue weighted by atomic mass is 10.2. The van der Waals surface area contributed by atoms with Gasteiger partial charge in [0.15, 0.2) is 18.2 Å².